The summed E-state index contributed by atoms with van der Waals surface area (Å²) in [6, 6.07) is 17.8. The molecule has 202 valence electrons. The van der Waals surface area contributed by atoms with Gasteiger partial charge in [0.15, 0.2) is 0 Å². The average Bonchev–Trinajstić information content (AvgIpc) is 3.32. The van der Waals surface area contributed by atoms with Gasteiger partial charge < -0.3 is 24.7 Å². The zero-order chi connectivity index (χ0) is 26.9. The number of pyridine rings is 1. The number of ether oxygens (including phenoxy) is 1. The molecule has 2 aliphatic rings. The number of halogens is 1. The van der Waals surface area contributed by atoms with E-state index in [1.165, 1.54) is 5.56 Å². The Bertz CT molecular complexity index is 1240. The lowest BCUT2D eigenvalue weighted by atomic mass is 9.84. The van der Waals surface area contributed by atoms with Gasteiger partial charge in [-0.05, 0) is 99.8 Å². The highest BCUT2D eigenvalue weighted by Crippen LogP contribution is 2.41. The summed E-state index contributed by atoms with van der Waals surface area (Å²) in [4.78, 5) is 9.03. The molecule has 0 amide bonds. The van der Waals surface area contributed by atoms with Crippen molar-refractivity contribution in [3.63, 3.8) is 0 Å². The minimum atomic E-state index is -0.922. The van der Waals surface area contributed by atoms with E-state index in [0.29, 0.717) is 11.6 Å². The van der Waals surface area contributed by atoms with Crippen molar-refractivity contribution in [3.8, 4) is 5.75 Å². The number of rotatable bonds is 8. The maximum atomic E-state index is 11.1. The Balaban J connectivity index is 1.25. The van der Waals surface area contributed by atoms with Gasteiger partial charge in [-0.2, -0.15) is 0 Å². The van der Waals surface area contributed by atoms with Crippen molar-refractivity contribution in [1.82, 2.24) is 9.88 Å². The third kappa shape index (κ3) is 5.84. The summed E-state index contributed by atoms with van der Waals surface area (Å²) < 4.78 is 6.16. The van der Waals surface area contributed by atoms with Gasteiger partial charge in [0.25, 0.3) is 0 Å². The van der Waals surface area contributed by atoms with E-state index in [4.69, 9.17) is 16.3 Å². The van der Waals surface area contributed by atoms with E-state index in [2.05, 4.69) is 22.0 Å². The minimum absolute atomic E-state index is 0.151. The predicted octanol–water partition coefficient (Wildman–Crippen LogP) is 5.54. The molecule has 1 fully saturated rings. The molecule has 3 atom stereocenters. The number of aliphatic hydroxyl groups is 2. The first-order chi connectivity index (χ1) is 18.2. The van der Waals surface area contributed by atoms with E-state index in [1.54, 1.807) is 0 Å². The van der Waals surface area contributed by atoms with Crippen molar-refractivity contribution in [1.29, 1.82) is 0 Å². The van der Waals surface area contributed by atoms with Crippen LogP contribution in [0.3, 0.4) is 0 Å². The number of likely N-dealkylation sites (tertiary alicyclic amines) is 1. The lowest BCUT2D eigenvalue weighted by molar-refractivity contribution is 0.0784. The molecule has 0 spiro atoms. The molecule has 0 aliphatic carbocycles. The largest absolute Gasteiger partial charge is 0.487 e. The Morgan fingerprint density at radius 3 is 2.71 bits per heavy atom. The summed E-state index contributed by atoms with van der Waals surface area (Å²) in [6.07, 6.45) is 4.24. The number of fused-ring (bicyclic) bond motifs is 2. The van der Waals surface area contributed by atoms with E-state index >= 15 is 0 Å². The van der Waals surface area contributed by atoms with Gasteiger partial charge in [-0.3, -0.25) is 4.98 Å². The lowest BCUT2D eigenvalue weighted by Gasteiger charge is -2.30. The molecule has 2 aliphatic heterocycles. The topological polar surface area (TPSA) is 69.1 Å². The summed E-state index contributed by atoms with van der Waals surface area (Å²) in [5.41, 5.74) is 4.24. The molecule has 7 heteroatoms. The van der Waals surface area contributed by atoms with Gasteiger partial charge in [0, 0.05) is 47.9 Å². The normalized spacial score (nSPS) is 20.3. The second-order valence-corrected chi connectivity index (χ2v) is 11.6. The van der Waals surface area contributed by atoms with Crippen LogP contribution in [0.25, 0.3) is 0 Å². The number of benzene rings is 2. The molecule has 6 nitrogen and oxygen atoms in total. The molecule has 3 unspecified atom stereocenters. The van der Waals surface area contributed by atoms with Crippen LogP contribution in [0.15, 0.2) is 60.8 Å². The Hall–Kier alpha value is -2.64. The first-order valence-electron chi connectivity index (χ1n) is 13.5. The lowest BCUT2D eigenvalue weighted by Crippen LogP contribution is -2.39. The molecule has 1 saturated heterocycles. The molecule has 38 heavy (non-hydrogen) atoms. The van der Waals surface area contributed by atoms with E-state index in [0.717, 1.165) is 67.2 Å². The van der Waals surface area contributed by atoms with E-state index in [1.807, 2.05) is 74.5 Å². The van der Waals surface area contributed by atoms with E-state index < -0.39 is 11.8 Å². The van der Waals surface area contributed by atoms with Crippen LogP contribution in [0, 0.1) is 5.92 Å². The van der Waals surface area contributed by atoms with Gasteiger partial charge in [-0.25, -0.2) is 0 Å². The molecule has 0 saturated carbocycles. The Morgan fingerprint density at radius 1 is 1.16 bits per heavy atom. The zero-order valence-corrected chi connectivity index (χ0v) is 23.2. The Labute approximate surface area is 230 Å². The van der Waals surface area contributed by atoms with E-state index in [-0.39, 0.29) is 11.8 Å². The van der Waals surface area contributed by atoms with Crippen molar-refractivity contribution in [2.45, 2.75) is 57.5 Å². The average molecular weight is 536 g/mol. The number of hydrogen-bond acceptors (Lipinski definition) is 6. The minimum Gasteiger partial charge on any atom is -0.487 e. The molecule has 3 heterocycles. The maximum absolute atomic E-state index is 11.1. The third-order valence-electron chi connectivity index (χ3n) is 8.09. The van der Waals surface area contributed by atoms with Crippen LogP contribution in [0.2, 0.25) is 5.02 Å². The first kappa shape index (κ1) is 26.9. The Kier molecular flexibility index (Phi) is 7.96. The highest BCUT2D eigenvalue weighted by atomic mass is 35.5. The molecule has 1 aromatic heterocycles. The standard InChI is InChI=1S/C31H38ClN3O3/c1-31(2,37)22-8-13-29-27(18-22)25(26-6-4-15-33-28(26)20-38-29)7-5-16-35-17-14-21(19-35)30(36)34(3)24-11-9-23(32)10-12-24/h4,6,8-13,15,18,21,25,30,36-37H,5,7,14,16-17,19-20H2,1-3H3. The smallest absolute Gasteiger partial charge is 0.131 e. The van der Waals surface area contributed by atoms with Crippen molar-refractivity contribution < 1.29 is 14.9 Å². The van der Waals surface area contributed by atoms with Gasteiger partial charge in [-0.1, -0.05) is 23.7 Å². The van der Waals surface area contributed by atoms with Gasteiger partial charge in [0.05, 0.1) is 11.3 Å². The second kappa shape index (κ2) is 11.2. The van der Waals surface area contributed by atoms with Crippen LogP contribution in [0.1, 0.15) is 61.4 Å². The molecule has 0 radical (unpaired) electrons. The highest BCUT2D eigenvalue weighted by molar-refractivity contribution is 6.30. The highest BCUT2D eigenvalue weighted by Gasteiger charge is 2.32. The zero-order valence-electron chi connectivity index (χ0n) is 22.5. The SMILES string of the molecule is CN(c1ccc(Cl)cc1)C(O)C1CCN(CCCC2c3cc(C(C)(C)O)ccc3OCc3ncccc32)C1. The molecule has 0 bridgehead atoms. The van der Waals surface area contributed by atoms with Crippen LogP contribution in [-0.2, 0) is 12.2 Å². The predicted molar refractivity (Wildman–Crippen MR) is 152 cm³/mol. The quantitative estimate of drug-likeness (QED) is 0.369. The number of nitrogens with zero attached hydrogens (tertiary/aromatic N) is 3. The molecule has 3 aromatic rings. The number of hydrogen-bond donors (Lipinski definition) is 2. The van der Waals surface area contributed by atoms with Gasteiger partial charge >= 0.3 is 0 Å². The van der Waals surface area contributed by atoms with Crippen molar-refractivity contribution in [3.05, 3.63) is 88.2 Å². The molecule has 2 N–H and O–H groups in total. The molecular formula is C31H38ClN3O3. The second-order valence-electron chi connectivity index (χ2n) is 11.2. The monoisotopic (exact) mass is 535 g/mol. The fourth-order valence-corrected chi connectivity index (χ4v) is 5.94. The third-order valence-corrected chi connectivity index (χ3v) is 8.34. The van der Waals surface area contributed by atoms with Gasteiger partial charge in [-0.15, -0.1) is 0 Å². The van der Waals surface area contributed by atoms with Crippen molar-refractivity contribution >= 4 is 17.3 Å². The molecule has 5 rings (SSSR count). The summed E-state index contributed by atoms with van der Waals surface area (Å²) in [6.45, 7) is 6.93. The Morgan fingerprint density at radius 2 is 1.95 bits per heavy atom. The summed E-state index contributed by atoms with van der Waals surface area (Å²) in [5, 5.41) is 22.4. The van der Waals surface area contributed by atoms with Crippen LogP contribution < -0.4 is 9.64 Å². The molecule has 2 aromatic carbocycles. The number of aliphatic hydroxyl groups excluding tert-OH is 1. The summed E-state index contributed by atoms with van der Waals surface area (Å²) >= 11 is 6.03. The summed E-state index contributed by atoms with van der Waals surface area (Å²) in [5.74, 6) is 1.22. The number of anilines is 1. The fraction of sp³-hybridized carbons (Fsp3) is 0.452. The van der Waals surface area contributed by atoms with Crippen molar-refractivity contribution in [2.24, 2.45) is 5.92 Å². The van der Waals surface area contributed by atoms with Gasteiger partial charge in [0.2, 0.25) is 0 Å². The first-order valence-corrected chi connectivity index (χ1v) is 13.9. The van der Waals surface area contributed by atoms with Crippen molar-refractivity contribution in [2.75, 3.05) is 31.6 Å². The van der Waals surface area contributed by atoms with Crippen LogP contribution in [-0.4, -0.2) is 53.0 Å². The number of aromatic nitrogens is 1. The van der Waals surface area contributed by atoms with Crippen LogP contribution >= 0.6 is 11.6 Å². The molecular weight excluding hydrogens is 498 g/mol. The van der Waals surface area contributed by atoms with E-state index in [9.17, 15) is 10.2 Å². The maximum Gasteiger partial charge on any atom is 0.131 e. The fourth-order valence-electron chi connectivity index (χ4n) is 5.82. The van der Waals surface area contributed by atoms with Gasteiger partial charge in [0.1, 0.15) is 18.6 Å². The van der Waals surface area contributed by atoms with Crippen LogP contribution in [0.5, 0.6) is 5.75 Å². The summed E-state index contributed by atoms with van der Waals surface area (Å²) in [7, 11) is 1.94. The van der Waals surface area contributed by atoms with Crippen LogP contribution in [0.4, 0.5) is 5.69 Å².